The van der Waals surface area contributed by atoms with Crippen LogP contribution in [-0.4, -0.2) is 8.42 Å². The highest BCUT2D eigenvalue weighted by atomic mass is 32.3. The summed E-state index contributed by atoms with van der Waals surface area (Å²) in [5.74, 6) is 0. The molecule has 0 unspecified atom stereocenters. The third kappa shape index (κ3) is 2.86. The van der Waals surface area contributed by atoms with Crippen molar-refractivity contribution in [2.75, 3.05) is 0 Å². The Hall–Kier alpha value is -1.51. The topological polar surface area (TPSA) is 123 Å². The minimum atomic E-state index is -3.35. The van der Waals surface area contributed by atoms with Crippen molar-refractivity contribution in [2.45, 2.75) is 9.79 Å². The monoisotopic (exact) mass is 355 g/mol. The van der Waals surface area contributed by atoms with Gasteiger partial charge < -0.3 is 0 Å². The van der Waals surface area contributed by atoms with Crippen molar-refractivity contribution < 1.29 is 8.42 Å². The van der Waals surface area contributed by atoms with Crippen molar-refractivity contribution in [2.24, 2.45) is 23.1 Å². The predicted octanol–water partition coefficient (Wildman–Crippen LogP) is 2.75. The highest BCUT2D eigenvalue weighted by Gasteiger charge is 2.28. The van der Waals surface area contributed by atoms with Crippen LogP contribution in [0.25, 0.3) is 0 Å². The van der Waals surface area contributed by atoms with Gasteiger partial charge in [0.25, 0.3) is 0 Å². The molecule has 0 saturated carbocycles. The first-order valence-corrected chi connectivity index (χ1v) is 11.0. The molecule has 0 bridgehead atoms. The van der Waals surface area contributed by atoms with E-state index >= 15 is 0 Å². The molecule has 0 radical (unpaired) electrons. The van der Waals surface area contributed by atoms with Crippen molar-refractivity contribution in [1.82, 2.24) is 0 Å². The molecule has 22 heavy (non-hydrogen) atoms. The van der Waals surface area contributed by atoms with Crippen molar-refractivity contribution in [3.05, 3.63) is 60.7 Å². The molecule has 0 aromatic heterocycles. The summed E-state index contributed by atoms with van der Waals surface area (Å²) < 4.78 is 38.0. The Kier molecular flexibility index (Phi) is 3.70. The minimum absolute atomic E-state index is 0.314. The third-order valence-corrected chi connectivity index (χ3v) is 10.0. The van der Waals surface area contributed by atoms with Gasteiger partial charge in [-0.2, -0.15) is 0 Å². The summed E-state index contributed by atoms with van der Waals surface area (Å²) in [6.45, 7) is 0. The van der Waals surface area contributed by atoms with Gasteiger partial charge in [0.1, 0.15) is 0 Å². The molecule has 1 aliphatic rings. The zero-order valence-corrected chi connectivity index (χ0v) is 13.9. The predicted molar refractivity (Wildman–Crippen MR) is 88.3 cm³/mol. The lowest BCUT2D eigenvalue weighted by molar-refractivity contribution is 0.672. The van der Waals surface area contributed by atoms with E-state index in [2.05, 4.69) is 12.1 Å². The van der Waals surface area contributed by atoms with Gasteiger partial charge in [-0.05, 0) is 24.3 Å². The molecule has 116 valence electrons. The summed E-state index contributed by atoms with van der Waals surface area (Å²) in [7, 11) is -10.0. The van der Waals surface area contributed by atoms with Gasteiger partial charge in [0.2, 0.25) is 7.51 Å². The van der Waals surface area contributed by atoms with Crippen molar-refractivity contribution in [1.29, 1.82) is 0 Å². The molecule has 0 amide bonds. The molecule has 7 nitrogen and oxygen atoms in total. The van der Waals surface area contributed by atoms with Gasteiger partial charge in [0, 0.05) is 0 Å². The summed E-state index contributed by atoms with van der Waals surface area (Å²) in [6.07, 6.45) is 0. The number of benzene rings is 2. The SMILES string of the molecule is NP1(N)=N[S@](=O)(c2ccccc2)=N[S@](=O)(c2ccccc2)=N1. The molecule has 2 aromatic carbocycles. The van der Waals surface area contributed by atoms with Gasteiger partial charge >= 0.3 is 0 Å². The molecule has 1 heterocycles. The van der Waals surface area contributed by atoms with E-state index in [0.29, 0.717) is 9.79 Å². The molecule has 10 heteroatoms. The third-order valence-electron chi connectivity index (χ3n) is 2.79. The Morgan fingerprint density at radius 3 is 1.73 bits per heavy atom. The van der Waals surface area contributed by atoms with E-state index < -0.39 is 27.3 Å². The fourth-order valence-corrected chi connectivity index (χ4v) is 9.47. The smallest absolute Gasteiger partial charge is 0.226 e. The largest absolute Gasteiger partial charge is 0.266 e. The van der Waals surface area contributed by atoms with E-state index in [9.17, 15) is 8.42 Å². The average Bonchev–Trinajstić information content (AvgIpc) is 2.47. The number of hydrogen-bond donors (Lipinski definition) is 2. The van der Waals surface area contributed by atoms with Crippen LogP contribution in [0.15, 0.2) is 82.5 Å². The Bertz CT molecular complexity index is 947. The summed E-state index contributed by atoms with van der Waals surface area (Å²) >= 11 is 0. The van der Waals surface area contributed by atoms with Crippen LogP contribution in [0.2, 0.25) is 0 Å². The molecule has 4 N–H and O–H groups in total. The van der Waals surface area contributed by atoms with Gasteiger partial charge in [0.15, 0.2) is 19.8 Å². The van der Waals surface area contributed by atoms with Crippen LogP contribution in [0.1, 0.15) is 0 Å². The second-order valence-corrected chi connectivity index (χ2v) is 10.8. The average molecular weight is 355 g/mol. The van der Waals surface area contributed by atoms with E-state index in [0.717, 1.165) is 0 Å². The standard InChI is InChI=1S/C12H14N5O2PS2/c13-20(14)15-21(18,11-7-3-1-4-8-11)17-22(19,16-20)12-9-5-2-6-10-12/h1-10H,13-14H2/t21-,22+. The van der Waals surface area contributed by atoms with Crippen LogP contribution in [0.4, 0.5) is 0 Å². The summed E-state index contributed by atoms with van der Waals surface area (Å²) in [5, 5.41) is 0. The second-order valence-electron chi connectivity index (χ2n) is 4.56. The summed E-state index contributed by atoms with van der Waals surface area (Å²) in [6, 6.07) is 16.6. The van der Waals surface area contributed by atoms with Gasteiger partial charge in [-0.1, -0.05) is 40.2 Å². The van der Waals surface area contributed by atoms with Crippen molar-refractivity contribution in [3.8, 4) is 0 Å². The number of hydrogen-bond acceptors (Lipinski definition) is 5. The lowest BCUT2D eigenvalue weighted by Gasteiger charge is -2.18. The molecule has 0 spiro atoms. The Morgan fingerprint density at radius 2 is 1.23 bits per heavy atom. The number of nitrogens with zero attached hydrogens (tertiary/aromatic N) is 3. The van der Waals surface area contributed by atoms with E-state index in [1.54, 1.807) is 60.7 Å². The molecule has 0 saturated heterocycles. The maximum Gasteiger partial charge on any atom is 0.226 e. The van der Waals surface area contributed by atoms with E-state index in [1.165, 1.54) is 0 Å². The van der Waals surface area contributed by atoms with E-state index in [1.807, 2.05) is 0 Å². The molecule has 0 fully saturated rings. The minimum Gasteiger partial charge on any atom is -0.266 e. The molecular weight excluding hydrogens is 341 g/mol. The molecule has 2 atom stereocenters. The lowest BCUT2D eigenvalue weighted by atomic mass is 10.4. The number of rotatable bonds is 2. The summed E-state index contributed by atoms with van der Waals surface area (Å²) in [4.78, 5) is 0.627. The second kappa shape index (κ2) is 5.29. The first-order valence-electron chi connectivity index (χ1n) is 6.21. The van der Waals surface area contributed by atoms with Crippen LogP contribution < -0.4 is 11.0 Å². The van der Waals surface area contributed by atoms with Crippen molar-refractivity contribution in [3.63, 3.8) is 0 Å². The Morgan fingerprint density at radius 1 is 0.773 bits per heavy atom. The quantitative estimate of drug-likeness (QED) is 0.804. The zero-order chi connectivity index (χ0) is 15.8. The maximum absolute atomic E-state index is 13.1. The fourth-order valence-electron chi connectivity index (χ4n) is 1.91. The molecule has 3 rings (SSSR count). The number of nitrogens with two attached hydrogens (primary N) is 2. The first kappa shape index (κ1) is 15.4. The van der Waals surface area contributed by atoms with Gasteiger partial charge in [-0.3, -0.25) is 11.0 Å². The Balaban J connectivity index is 2.37. The summed E-state index contributed by atoms with van der Waals surface area (Å²) in [5.41, 5.74) is 11.7. The first-order chi connectivity index (χ1) is 10.3. The highest BCUT2D eigenvalue weighted by molar-refractivity contribution is 8.08. The Labute approximate surface area is 129 Å². The molecule has 0 aliphatic carbocycles. The van der Waals surface area contributed by atoms with Crippen molar-refractivity contribution >= 4 is 27.3 Å². The highest BCUT2D eigenvalue weighted by Crippen LogP contribution is 2.44. The molecule has 1 aliphatic heterocycles. The normalized spacial score (nSPS) is 29.7. The zero-order valence-electron chi connectivity index (χ0n) is 11.4. The van der Waals surface area contributed by atoms with Gasteiger partial charge in [-0.25, -0.2) is 8.42 Å². The van der Waals surface area contributed by atoms with Crippen LogP contribution >= 0.6 is 7.51 Å². The molecule has 2 aromatic rings. The van der Waals surface area contributed by atoms with Crippen LogP contribution in [0.3, 0.4) is 0 Å². The lowest BCUT2D eigenvalue weighted by Crippen LogP contribution is -2.14. The fraction of sp³-hybridized carbons (Fsp3) is 0. The van der Waals surface area contributed by atoms with Gasteiger partial charge in [0.05, 0.1) is 9.79 Å². The van der Waals surface area contributed by atoms with Crippen LogP contribution in [0.5, 0.6) is 0 Å². The maximum atomic E-state index is 13.1. The van der Waals surface area contributed by atoms with E-state index in [4.69, 9.17) is 11.0 Å². The molecular formula is C12H14N5O2PS2. The van der Waals surface area contributed by atoms with Crippen LogP contribution in [-0.2, 0) is 19.8 Å². The van der Waals surface area contributed by atoms with Crippen LogP contribution in [0, 0.1) is 0 Å². The van der Waals surface area contributed by atoms with E-state index in [-0.39, 0.29) is 0 Å². The van der Waals surface area contributed by atoms with Gasteiger partial charge in [-0.15, -0.1) is 8.28 Å².